The maximum absolute atomic E-state index is 12.7. The molecular weight excluding hydrogens is 380 g/mol. The molecule has 2 atom stereocenters. The lowest BCUT2D eigenvalue weighted by Crippen LogP contribution is -2.55. The van der Waals surface area contributed by atoms with Crippen LogP contribution in [0.2, 0.25) is 0 Å². The van der Waals surface area contributed by atoms with Crippen molar-refractivity contribution in [3.63, 3.8) is 0 Å². The lowest BCUT2D eigenvalue weighted by Gasteiger charge is -2.31. The van der Waals surface area contributed by atoms with E-state index in [-0.39, 0.29) is 18.9 Å². The molecule has 0 aliphatic carbocycles. The number of nitrogens with one attached hydrogen (secondary N) is 1. The van der Waals surface area contributed by atoms with Gasteiger partial charge in [-0.15, -0.1) is 0 Å². The Kier molecular flexibility index (Phi) is 5.35. The molecule has 1 fully saturated rings. The molecule has 150 valence electrons. The number of likely N-dealkylation sites (tertiary alicyclic amines) is 1. The second-order valence-corrected chi connectivity index (χ2v) is 8.42. The molecule has 28 heavy (non-hydrogen) atoms. The second-order valence-electron chi connectivity index (χ2n) is 7.43. The van der Waals surface area contributed by atoms with Gasteiger partial charge in [-0.2, -0.15) is 0 Å². The molecule has 0 aromatic carbocycles. The molecule has 0 unspecified atom stereocenters. The van der Waals surface area contributed by atoms with E-state index < -0.39 is 23.6 Å². The fraction of sp³-hybridized carbons (Fsp3) is 0.500. The number of anilines is 1. The summed E-state index contributed by atoms with van der Waals surface area (Å²) >= 11 is 1.29. The van der Waals surface area contributed by atoms with E-state index in [0.29, 0.717) is 5.13 Å². The van der Waals surface area contributed by atoms with Crippen molar-refractivity contribution in [2.24, 2.45) is 5.73 Å². The van der Waals surface area contributed by atoms with E-state index >= 15 is 0 Å². The smallest absolute Gasteiger partial charge is 0.324 e. The summed E-state index contributed by atoms with van der Waals surface area (Å²) in [4.78, 5) is 39.9. The van der Waals surface area contributed by atoms with Crippen molar-refractivity contribution in [1.82, 2.24) is 19.9 Å². The molecule has 3 rings (SSSR count). The first-order valence-corrected chi connectivity index (χ1v) is 9.80. The number of β-amino-alcohol motifs (C(OH)–C–C–N with tert-alkyl or cyclic N) is 1. The Morgan fingerprint density at radius 2 is 2.14 bits per heavy atom. The highest BCUT2D eigenvalue weighted by molar-refractivity contribution is 7.19. The summed E-state index contributed by atoms with van der Waals surface area (Å²) in [6.45, 7) is 7.46. The number of aliphatic hydroxyl groups is 1. The van der Waals surface area contributed by atoms with Crippen molar-refractivity contribution in [3.8, 4) is 10.6 Å². The van der Waals surface area contributed by atoms with Crippen LogP contribution < -0.4 is 11.1 Å². The van der Waals surface area contributed by atoms with Gasteiger partial charge in [-0.05, 0) is 19.9 Å². The third-order valence-corrected chi connectivity index (χ3v) is 5.93. The average molecular weight is 404 g/mol. The van der Waals surface area contributed by atoms with Crippen LogP contribution in [0.3, 0.4) is 0 Å². The minimum atomic E-state index is -1.24. The summed E-state index contributed by atoms with van der Waals surface area (Å²) in [7, 11) is 0. The van der Waals surface area contributed by atoms with Crippen molar-refractivity contribution in [3.05, 3.63) is 23.8 Å². The van der Waals surface area contributed by atoms with Gasteiger partial charge >= 0.3 is 6.03 Å². The quantitative estimate of drug-likeness (QED) is 0.712. The van der Waals surface area contributed by atoms with Gasteiger partial charge in [0, 0.05) is 25.1 Å². The highest BCUT2D eigenvalue weighted by atomic mass is 32.1. The minimum absolute atomic E-state index is 0.0339. The van der Waals surface area contributed by atoms with Crippen LogP contribution in [0, 0.1) is 6.92 Å². The molecule has 1 aliphatic heterocycles. The fourth-order valence-electron chi connectivity index (χ4n) is 3.21. The third-order valence-electron chi connectivity index (χ3n) is 4.83. The van der Waals surface area contributed by atoms with Crippen molar-refractivity contribution in [2.45, 2.75) is 51.7 Å². The van der Waals surface area contributed by atoms with Crippen LogP contribution >= 0.6 is 11.3 Å². The first-order valence-electron chi connectivity index (χ1n) is 8.99. The van der Waals surface area contributed by atoms with E-state index in [4.69, 9.17) is 5.73 Å². The van der Waals surface area contributed by atoms with Crippen LogP contribution in [0.5, 0.6) is 0 Å². The summed E-state index contributed by atoms with van der Waals surface area (Å²) in [5.41, 5.74) is 5.69. The number of carbonyl (C=O) groups is 2. The number of hydrogen-bond donors (Lipinski definition) is 3. The van der Waals surface area contributed by atoms with Gasteiger partial charge in [0.25, 0.3) is 0 Å². The number of nitrogens with zero attached hydrogens (tertiary/aromatic N) is 4. The Labute approximate surface area is 167 Å². The van der Waals surface area contributed by atoms with Gasteiger partial charge in [0.2, 0.25) is 5.91 Å². The van der Waals surface area contributed by atoms with Gasteiger partial charge in [-0.25, -0.2) is 19.7 Å². The number of carbonyl (C=O) groups excluding carboxylic acids is 2. The van der Waals surface area contributed by atoms with Crippen molar-refractivity contribution >= 4 is 28.4 Å². The molecule has 2 aromatic rings. The van der Waals surface area contributed by atoms with E-state index in [1.54, 1.807) is 19.2 Å². The molecule has 3 amide bonds. The highest BCUT2D eigenvalue weighted by Crippen LogP contribution is 2.34. The summed E-state index contributed by atoms with van der Waals surface area (Å²) in [6.07, 6.45) is 1.02. The SMILES string of the molecule is Cc1nc(NC(=O)N2C[C@H](O)C[C@@]2(C)C(N)=O)sc1-c1ccnc(C(C)C)n1. The zero-order valence-corrected chi connectivity index (χ0v) is 17.1. The number of hydrogen-bond acceptors (Lipinski definition) is 7. The van der Waals surface area contributed by atoms with Crippen LogP contribution in [-0.4, -0.2) is 55.1 Å². The molecule has 9 nitrogen and oxygen atoms in total. The number of urea groups is 1. The Hall–Kier alpha value is -2.59. The minimum Gasteiger partial charge on any atom is -0.391 e. The van der Waals surface area contributed by atoms with E-state index in [9.17, 15) is 14.7 Å². The normalized spacial score (nSPS) is 21.9. The lowest BCUT2D eigenvalue weighted by molar-refractivity contribution is -0.126. The Morgan fingerprint density at radius 3 is 2.79 bits per heavy atom. The van der Waals surface area contributed by atoms with Crippen molar-refractivity contribution < 1.29 is 14.7 Å². The Bertz CT molecular complexity index is 914. The number of aromatic nitrogens is 3. The third kappa shape index (κ3) is 3.69. The number of aliphatic hydroxyl groups excluding tert-OH is 1. The molecule has 0 spiro atoms. The molecule has 1 aliphatic rings. The predicted molar refractivity (Wildman–Crippen MR) is 106 cm³/mol. The summed E-state index contributed by atoms with van der Waals surface area (Å²) in [5.74, 6) is 0.275. The van der Waals surface area contributed by atoms with E-state index in [2.05, 4.69) is 20.3 Å². The van der Waals surface area contributed by atoms with Crippen molar-refractivity contribution in [2.75, 3.05) is 11.9 Å². The highest BCUT2D eigenvalue weighted by Gasteiger charge is 2.48. The van der Waals surface area contributed by atoms with Crippen LogP contribution in [0.4, 0.5) is 9.93 Å². The predicted octanol–water partition coefficient (Wildman–Crippen LogP) is 1.87. The summed E-state index contributed by atoms with van der Waals surface area (Å²) < 4.78 is 0. The molecule has 0 bridgehead atoms. The van der Waals surface area contributed by atoms with Gasteiger partial charge in [-0.1, -0.05) is 25.2 Å². The van der Waals surface area contributed by atoms with E-state index in [1.807, 2.05) is 20.8 Å². The first-order chi connectivity index (χ1) is 13.1. The topological polar surface area (TPSA) is 134 Å². The number of primary amides is 1. The molecule has 1 saturated heterocycles. The molecule has 4 N–H and O–H groups in total. The largest absolute Gasteiger partial charge is 0.391 e. The van der Waals surface area contributed by atoms with Gasteiger partial charge in [0.15, 0.2) is 5.13 Å². The van der Waals surface area contributed by atoms with Gasteiger partial charge in [-0.3, -0.25) is 10.1 Å². The number of nitrogens with two attached hydrogens (primary N) is 1. The molecular formula is C18H24N6O3S. The van der Waals surface area contributed by atoms with E-state index in [1.165, 1.54) is 16.2 Å². The van der Waals surface area contributed by atoms with Crippen LogP contribution in [0.15, 0.2) is 12.3 Å². The second kappa shape index (κ2) is 7.44. The molecule has 3 heterocycles. The number of thiazole rings is 1. The van der Waals surface area contributed by atoms with Gasteiger partial charge in [0.05, 0.1) is 22.4 Å². The Morgan fingerprint density at radius 1 is 1.43 bits per heavy atom. The zero-order chi connectivity index (χ0) is 20.6. The summed E-state index contributed by atoms with van der Waals surface area (Å²) in [5, 5.41) is 13.0. The maximum atomic E-state index is 12.7. The van der Waals surface area contributed by atoms with Crippen molar-refractivity contribution in [1.29, 1.82) is 0 Å². The maximum Gasteiger partial charge on any atom is 0.324 e. The van der Waals surface area contributed by atoms with Crippen LogP contribution in [0.25, 0.3) is 10.6 Å². The Balaban J connectivity index is 1.83. The van der Waals surface area contributed by atoms with Crippen LogP contribution in [0.1, 0.15) is 44.6 Å². The number of aryl methyl sites for hydroxylation is 1. The molecule has 0 radical (unpaired) electrons. The van der Waals surface area contributed by atoms with Gasteiger partial charge in [0.1, 0.15) is 11.4 Å². The van der Waals surface area contributed by atoms with Gasteiger partial charge < -0.3 is 15.7 Å². The number of amides is 3. The number of rotatable bonds is 4. The average Bonchev–Trinajstić information content (AvgIpc) is 3.14. The monoisotopic (exact) mass is 404 g/mol. The fourth-order valence-corrected chi connectivity index (χ4v) is 4.14. The molecule has 0 saturated carbocycles. The van der Waals surface area contributed by atoms with E-state index in [0.717, 1.165) is 22.1 Å². The lowest BCUT2D eigenvalue weighted by atomic mass is 9.97. The first kappa shape index (κ1) is 20.2. The summed E-state index contributed by atoms with van der Waals surface area (Å²) in [6, 6.07) is 1.28. The molecule has 10 heteroatoms. The van der Waals surface area contributed by atoms with Crippen LogP contribution in [-0.2, 0) is 4.79 Å². The zero-order valence-electron chi connectivity index (χ0n) is 16.3. The molecule has 2 aromatic heterocycles. The standard InChI is InChI=1S/C18H24N6O3S/c1-9(2)14-20-6-5-12(22-14)13-10(3)21-16(28-13)23-17(27)24-8-11(25)7-18(24,4)15(19)26/h5-6,9,11,25H,7-8H2,1-4H3,(H2,19,26)(H,21,23,27)/t11-,18+/m1/s1.